The van der Waals surface area contributed by atoms with Crippen molar-refractivity contribution in [3.8, 4) is 0 Å². The van der Waals surface area contributed by atoms with Gasteiger partial charge < -0.3 is 0 Å². The van der Waals surface area contributed by atoms with E-state index in [9.17, 15) is 0 Å². The molecule has 0 unspecified atom stereocenters. The van der Waals surface area contributed by atoms with Crippen LogP contribution in [0.2, 0.25) is 0 Å². The topological polar surface area (TPSA) is 4.93 Å². The zero-order valence-electron chi connectivity index (χ0n) is 7.45. The first-order chi connectivity index (χ1) is 4.55. The zero-order valence-corrected chi connectivity index (χ0v) is 7.45. The first-order valence-corrected chi connectivity index (χ1v) is 3.64. The maximum atomic E-state index is 2.24. The molecule has 0 N–H and O–H groups in total. The minimum atomic E-state index is 1.38. The Morgan fingerprint density at radius 3 is 1.70 bits per heavy atom. The van der Waals surface area contributed by atoms with Crippen LogP contribution in [-0.2, 0) is 7.05 Å². The van der Waals surface area contributed by atoms with Gasteiger partial charge in [0.2, 0.25) is 0 Å². The summed E-state index contributed by atoms with van der Waals surface area (Å²) in [4.78, 5) is 0. The van der Waals surface area contributed by atoms with Crippen molar-refractivity contribution in [2.45, 2.75) is 20.8 Å². The van der Waals surface area contributed by atoms with Crippen molar-refractivity contribution in [2.24, 2.45) is 7.05 Å². The van der Waals surface area contributed by atoms with Crippen molar-refractivity contribution in [3.05, 3.63) is 16.8 Å². The average molecular weight is 129 g/mol. The maximum absolute atomic E-state index is 2.24. The van der Waals surface area contributed by atoms with Gasteiger partial charge in [0, 0.05) is 0 Å². The normalized spacial score (nSPS) is 10.6. The Morgan fingerprint density at radius 1 is 1.10 bits per heavy atom. The van der Waals surface area contributed by atoms with Crippen LogP contribution in [0.25, 0.3) is 0 Å². The Kier molecular flexibility index (Phi) is 1.99. The molecule has 0 spiro atoms. The van der Waals surface area contributed by atoms with Gasteiger partial charge in [-0.15, -0.1) is 0 Å². The van der Waals surface area contributed by atoms with Crippen LogP contribution in [0, 0.1) is 20.8 Å². The van der Waals surface area contributed by atoms with Crippen molar-refractivity contribution in [1.82, 2.24) is 4.57 Å². The van der Waals surface area contributed by atoms with E-state index in [0.717, 1.165) is 0 Å². The van der Waals surface area contributed by atoms with E-state index in [-0.39, 0.29) is 0 Å². The molecule has 1 rings (SSSR count). The van der Waals surface area contributed by atoms with E-state index in [1.54, 1.807) is 0 Å². The molecule has 1 nitrogen and oxygen atoms in total. The molecule has 50 valence electrons. The fourth-order valence-electron chi connectivity index (χ4n) is 1.30. The molecule has 0 amide bonds. The minimum absolute atomic E-state index is 1.38. The molecule has 0 bridgehead atoms. The summed E-state index contributed by atoms with van der Waals surface area (Å²) in [5.74, 6) is 0. The summed E-state index contributed by atoms with van der Waals surface area (Å²) in [7, 11) is 2.12. The van der Waals surface area contributed by atoms with E-state index in [0.29, 0.717) is 0 Å². The van der Waals surface area contributed by atoms with E-state index in [4.69, 9.17) is 0 Å². The monoisotopic (exact) mass is 129 g/mol. The zero-order chi connectivity index (χ0) is 7.89. The van der Waals surface area contributed by atoms with Gasteiger partial charge in [0.25, 0.3) is 0 Å². The van der Waals surface area contributed by atoms with Crippen molar-refractivity contribution in [2.75, 3.05) is 0 Å². The van der Waals surface area contributed by atoms with E-state index >= 15 is 0 Å². The molecule has 0 fully saturated rings. The predicted octanol–water partition coefficient (Wildman–Crippen LogP) is 0.744. The summed E-state index contributed by atoms with van der Waals surface area (Å²) in [5, 5.41) is 0. The van der Waals surface area contributed by atoms with E-state index in [2.05, 4.69) is 50.1 Å². The van der Waals surface area contributed by atoms with Crippen LogP contribution in [0.5, 0.6) is 0 Å². The number of nitrogens with zero attached hydrogens (tertiary/aromatic N) is 1. The summed E-state index contributed by atoms with van der Waals surface area (Å²) in [6, 6.07) is 0. The van der Waals surface area contributed by atoms with E-state index < -0.39 is 0 Å². The van der Waals surface area contributed by atoms with Crippen molar-refractivity contribution >= 4 is 22.1 Å². The third kappa shape index (κ3) is 0.943. The molecule has 1 aromatic rings. The second kappa shape index (κ2) is 2.49. The summed E-state index contributed by atoms with van der Waals surface area (Å²) in [6.45, 7) is 6.52. The fourth-order valence-corrected chi connectivity index (χ4v) is 1.30. The van der Waals surface area contributed by atoms with Crippen molar-refractivity contribution in [1.29, 1.82) is 0 Å². The van der Waals surface area contributed by atoms with Gasteiger partial charge in [-0.2, -0.15) is 0 Å². The van der Waals surface area contributed by atoms with Crippen molar-refractivity contribution < 1.29 is 0 Å². The van der Waals surface area contributed by atoms with Crippen LogP contribution >= 0.6 is 0 Å². The summed E-state index contributed by atoms with van der Waals surface area (Å²) >= 11 is 2.16. The summed E-state index contributed by atoms with van der Waals surface area (Å²) in [6.07, 6.45) is 0. The molecular formula is C8H12LiN. The quantitative estimate of drug-likeness (QED) is 0.455. The van der Waals surface area contributed by atoms with Gasteiger partial charge in [-0.1, -0.05) is 0 Å². The molecule has 0 saturated carbocycles. The Morgan fingerprint density at radius 2 is 1.60 bits per heavy atom. The first kappa shape index (κ1) is 7.98. The number of hydrogen-bond donors (Lipinski definition) is 0. The van der Waals surface area contributed by atoms with Gasteiger partial charge in [-0.25, -0.2) is 0 Å². The van der Waals surface area contributed by atoms with Gasteiger partial charge in [-0.05, 0) is 0 Å². The third-order valence-electron chi connectivity index (χ3n) is 2.65. The third-order valence-corrected chi connectivity index (χ3v) is 2.65. The van der Waals surface area contributed by atoms with Crippen LogP contribution in [-0.4, -0.2) is 22.3 Å². The first-order valence-electron chi connectivity index (χ1n) is 3.64. The Bertz CT molecular complexity index is 180. The molecule has 1 aromatic heterocycles. The van der Waals surface area contributed by atoms with Crippen LogP contribution < -0.4 is 4.37 Å². The summed E-state index contributed by atoms with van der Waals surface area (Å²) < 4.78 is 3.62. The van der Waals surface area contributed by atoms with Crippen molar-refractivity contribution in [3.63, 3.8) is 0 Å². The van der Waals surface area contributed by atoms with Crippen LogP contribution in [0.4, 0.5) is 0 Å². The molecule has 0 radical (unpaired) electrons. The molecule has 10 heavy (non-hydrogen) atoms. The number of aromatic nitrogens is 1. The fraction of sp³-hybridized carbons (Fsp3) is 0.500. The van der Waals surface area contributed by atoms with Gasteiger partial charge in [0.1, 0.15) is 0 Å². The van der Waals surface area contributed by atoms with Gasteiger partial charge in [0.15, 0.2) is 0 Å². The molecule has 0 aliphatic heterocycles. The number of hydrogen-bond acceptors (Lipinski definition) is 0. The standard InChI is InChI=1S/C8H12N.Li/c1-6-5-9(4)8(3)7(6)2;/h1-4H3;. The Labute approximate surface area is 71.6 Å². The Hall–Kier alpha value is -0.123. The van der Waals surface area contributed by atoms with Gasteiger partial charge in [-0.3, -0.25) is 0 Å². The summed E-state index contributed by atoms with van der Waals surface area (Å²) in [5.41, 5.74) is 4.25. The predicted molar refractivity (Wildman–Crippen MR) is 45.0 cm³/mol. The van der Waals surface area contributed by atoms with Crippen LogP contribution in [0.3, 0.4) is 0 Å². The number of rotatable bonds is 0. The molecule has 1 heterocycles. The second-order valence-electron chi connectivity index (χ2n) is 2.98. The molecular weight excluding hydrogens is 117 g/mol. The van der Waals surface area contributed by atoms with E-state index in [1.807, 2.05) is 0 Å². The molecule has 0 aliphatic rings. The van der Waals surface area contributed by atoms with Gasteiger partial charge >= 0.3 is 71.3 Å². The van der Waals surface area contributed by atoms with Crippen LogP contribution in [0.15, 0.2) is 0 Å². The van der Waals surface area contributed by atoms with Crippen LogP contribution in [0.1, 0.15) is 16.8 Å². The molecule has 0 aliphatic carbocycles. The van der Waals surface area contributed by atoms with Gasteiger partial charge in [0.05, 0.1) is 0 Å². The van der Waals surface area contributed by atoms with E-state index in [1.165, 1.54) is 21.2 Å². The Balaban J connectivity index is 3.44. The second-order valence-corrected chi connectivity index (χ2v) is 2.98. The average Bonchev–Trinajstić information content (AvgIpc) is 2.07. The molecule has 0 saturated heterocycles. The SMILES string of the molecule is [Li][c]1c(C)c(C)c(C)n1C. The molecule has 0 aromatic carbocycles. The molecule has 0 atom stereocenters. The molecule has 2 heteroatoms.